The predicted octanol–water partition coefficient (Wildman–Crippen LogP) is 4.31. The third kappa shape index (κ3) is 2.62. The number of hydrogen-bond donors (Lipinski definition) is 1. The third-order valence-electron chi connectivity index (χ3n) is 4.43. The Hall–Kier alpha value is -0.410. The lowest BCUT2D eigenvalue weighted by molar-refractivity contribution is 0.415. The van der Waals surface area contributed by atoms with E-state index >= 15 is 0 Å². The van der Waals surface area contributed by atoms with Crippen molar-refractivity contribution < 1.29 is 0 Å². The monoisotopic (exact) mass is 264 g/mol. The third-order valence-corrected chi connectivity index (χ3v) is 5.86. The Labute approximate surface area is 114 Å². The molecule has 1 saturated heterocycles. The molecular weight excluding hydrogens is 240 g/mol. The molecule has 0 radical (unpaired) electrons. The highest BCUT2D eigenvalue weighted by Gasteiger charge is 2.24. The number of hydrogen-bond acceptors (Lipinski definition) is 3. The summed E-state index contributed by atoms with van der Waals surface area (Å²) in [4.78, 5) is 6.41. The molecule has 2 aliphatic rings. The average Bonchev–Trinajstić information content (AvgIpc) is 2.83. The van der Waals surface area contributed by atoms with Gasteiger partial charge < -0.3 is 5.32 Å². The van der Waals surface area contributed by atoms with Crippen LogP contribution in [0.1, 0.15) is 78.9 Å². The molecule has 0 spiro atoms. The summed E-state index contributed by atoms with van der Waals surface area (Å²) in [5, 5.41) is 5.09. The van der Waals surface area contributed by atoms with E-state index in [1.807, 2.05) is 11.3 Å². The van der Waals surface area contributed by atoms with Crippen molar-refractivity contribution >= 4 is 11.3 Å². The Kier molecular flexibility index (Phi) is 4.00. The molecule has 1 atom stereocenters. The number of aromatic nitrogens is 1. The van der Waals surface area contributed by atoms with Gasteiger partial charge in [-0.3, -0.25) is 0 Å². The van der Waals surface area contributed by atoms with Crippen LogP contribution in [0.3, 0.4) is 0 Å². The molecule has 0 amide bonds. The number of aryl methyl sites for hydroxylation is 1. The fourth-order valence-corrected chi connectivity index (χ4v) is 4.70. The maximum absolute atomic E-state index is 4.89. The molecule has 100 valence electrons. The zero-order valence-corrected chi connectivity index (χ0v) is 12.2. The first-order valence-electron chi connectivity index (χ1n) is 7.55. The summed E-state index contributed by atoms with van der Waals surface area (Å²) >= 11 is 2.00. The van der Waals surface area contributed by atoms with Crippen LogP contribution in [0.2, 0.25) is 0 Å². The minimum Gasteiger partial charge on any atom is -0.309 e. The molecule has 1 saturated carbocycles. The largest absolute Gasteiger partial charge is 0.309 e. The van der Waals surface area contributed by atoms with Gasteiger partial charge in [-0.1, -0.05) is 25.7 Å². The lowest BCUT2D eigenvalue weighted by Gasteiger charge is -2.22. The predicted molar refractivity (Wildman–Crippen MR) is 77.3 cm³/mol. The van der Waals surface area contributed by atoms with Crippen LogP contribution < -0.4 is 5.32 Å². The van der Waals surface area contributed by atoms with Gasteiger partial charge in [-0.2, -0.15) is 0 Å². The van der Waals surface area contributed by atoms with E-state index in [9.17, 15) is 0 Å². The zero-order valence-electron chi connectivity index (χ0n) is 11.4. The standard InChI is InChI=1S/C15H24N2S/c1-11-14(13-9-5-6-10-16-13)18-15(17-11)12-7-3-2-4-8-12/h12-13,16H,2-10H2,1H3. The molecule has 2 fully saturated rings. The number of piperidine rings is 1. The van der Waals surface area contributed by atoms with Crippen molar-refractivity contribution in [1.29, 1.82) is 0 Å². The Balaban J connectivity index is 1.76. The topological polar surface area (TPSA) is 24.9 Å². The van der Waals surface area contributed by atoms with Crippen LogP contribution in [-0.4, -0.2) is 11.5 Å². The van der Waals surface area contributed by atoms with E-state index in [0.29, 0.717) is 6.04 Å². The Morgan fingerprint density at radius 1 is 1.06 bits per heavy atom. The van der Waals surface area contributed by atoms with Crippen molar-refractivity contribution in [3.8, 4) is 0 Å². The van der Waals surface area contributed by atoms with Crippen LogP contribution in [0.15, 0.2) is 0 Å². The molecular formula is C15H24N2S. The van der Waals surface area contributed by atoms with Gasteiger partial charge in [0.25, 0.3) is 0 Å². The fraction of sp³-hybridized carbons (Fsp3) is 0.800. The minimum absolute atomic E-state index is 0.591. The van der Waals surface area contributed by atoms with E-state index in [2.05, 4.69) is 12.2 Å². The summed E-state index contributed by atoms with van der Waals surface area (Å²) < 4.78 is 0. The van der Waals surface area contributed by atoms with Crippen LogP contribution in [0.25, 0.3) is 0 Å². The molecule has 0 bridgehead atoms. The van der Waals surface area contributed by atoms with Crippen LogP contribution in [0, 0.1) is 6.92 Å². The Morgan fingerprint density at radius 3 is 2.56 bits per heavy atom. The number of nitrogens with one attached hydrogen (secondary N) is 1. The first kappa shape index (κ1) is 12.6. The van der Waals surface area contributed by atoms with Gasteiger partial charge in [-0.25, -0.2) is 4.98 Å². The van der Waals surface area contributed by atoms with Gasteiger partial charge in [0, 0.05) is 16.8 Å². The van der Waals surface area contributed by atoms with E-state index in [4.69, 9.17) is 4.98 Å². The molecule has 1 aromatic heterocycles. The Bertz CT molecular complexity index is 387. The molecule has 1 aliphatic carbocycles. The molecule has 1 unspecified atom stereocenters. The van der Waals surface area contributed by atoms with Crippen LogP contribution in [-0.2, 0) is 0 Å². The Morgan fingerprint density at radius 2 is 1.83 bits per heavy atom. The molecule has 1 aromatic rings. The van der Waals surface area contributed by atoms with Gasteiger partial charge in [0.05, 0.1) is 10.7 Å². The zero-order chi connectivity index (χ0) is 12.4. The normalized spacial score (nSPS) is 26.4. The van der Waals surface area contributed by atoms with E-state index in [0.717, 1.165) is 5.92 Å². The van der Waals surface area contributed by atoms with E-state index in [-0.39, 0.29) is 0 Å². The van der Waals surface area contributed by atoms with Crippen molar-refractivity contribution in [2.75, 3.05) is 6.54 Å². The number of thiazole rings is 1. The van der Waals surface area contributed by atoms with Gasteiger partial charge in [0.1, 0.15) is 0 Å². The second-order valence-corrected chi connectivity index (χ2v) is 6.90. The molecule has 3 heteroatoms. The minimum atomic E-state index is 0.591. The van der Waals surface area contributed by atoms with Gasteiger partial charge in [-0.05, 0) is 39.2 Å². The molecule has 2 heterocycles. The first-order chi connectivity index (χ1) is 8.84. The summed E-state index contributed by atoms with van der Waals surface area (Å²) in [6.45, 7) is 3.38. The average molecular weight is 264 g/mol. The van der Waals surface area contributed by atoms with Crippen molar-refractivity contribution in [3.05, 3.63) is 15.6 Å². The summed E-state index contributed by atoms with van der Waals surface area (Å²) in [7, 11) is 0. The quantitative estimate of drug-likeness (QED) is 0.860. The molecule has 18 heavy (non-hydrogen) atoms. The van der Waals surface area contributed by atoms with E-state index in [1.165, 1.54) is 73.5 Å². The molecule has 1 N–H and O–H groups in total. The lowest BCUT2D eigenvalue weighted by atomic mass is 9.90. The smallest absolute Gasteiger partial charge is 0.0962 e. The highest BCUT2D eigenvalue weighted by atomic mass is 32.1. The van der Waals surface area contributed by atoms with Crippen LogP contribution >= 0.6 is 11.3 Å². The van der Waals surface area contributed by atoms with Crippen LogP contribution in [0.5, 0.6) is 0 Å². The highest BCUT2D eigenvalue weighted by Crippen LogP contribution is 2.38. The van der Waals surface area contributed by atoms with Crippen molar-refractivity contribution in [2.45, 2.75) is 70.3 Å². The van der Waals surface area contributed by atoms with E-state index in [1.54, 1.807) is 0 Å². The summed E-state index contributed by atoms with van der Waals surface area (Å²) in [6.07, 6.45) is 11.0. The number of rotatable bonds is 2. The lowest BCUT2D eigenvalue weighted by Crippen LogP contribution is -2.26. The van der Waals surface area contributed by atoms with E-state index < -0.39 is 0 Å². The summed E-state index contributed by atoms with van der Waals surface area (Å²) in [6, 6.07) is 0.591. The summed E-state index contributed by atoms with van der Waals surface area (Å²) in [5.41, 5.74) is 1.29. The molecule has 3 rings (SSSR count). The SMILES string of the molecule is Cc1nc(C2CCCCC2)sc1C1CCCCN1. The first-order valence-corrected chi connectivity index (χ1v) is 8.37. The van der Waals surface area contributed by atoms with Gasteiger partial charge in [0.2, 0.25) is 0 Å². The van der Waals surface area contributed by atoms with Crippen LogP contribution in [0.4, 0.5) is 0 Å². The maximum atomic E-state index is 4.89. The fourth-order valence-electron chi connectivity index (χ4n) is 3.35. The maximum Gasteiger partial charge on any atom is 0.0962 e. The van der Waals surface area contributed by atoms with Gasteiger partial charge in [-0.15, -0.1) is 11.3 Å². The highest BCUT2D eigenvalue weighted by molar-refractivity contribution is 7.11. The van der Waals surface area contributed by atoms with Gasteiger partial charge in [0.15, 0.2) is 0 Å². The second-order valence-electron chi connectivity index (χ2n) is 5.84. The van der Waals surface area contributed by atoms with Gasteiger partial charge >= 0.3 is 0 Å². The van der Waals surface area contributed by atoms with Crippen molar-refractivity contribution in [3.63, 3.8) is 0 Å². The second kappa shape index (κ2) is 5.70. The molecule has 0 aromatic carbocycles. The van der Waals surface area contributed by atoms with Crippen molar-refractivity contribution in [1.82, 2.24) is 10.3 Å². The summed E-state index contributed by atoms with van der Waals surface area (Å²) in [5.74, 6) is 0.764. The molecule has 1 aliphatic heterocycles. The van der Waals surface area contributed by atoms with Crippen molar-refractivity contribution in [2.24, 2.45) is 0 Å². The molecule has 2 nitrogen and oxygen atoms in total. The number of nitrogens with zero attached hydrogens (tertiary/aromatic N) is 1.